The Labute approximate surface area is 110 Å². The number of unbranched alkanes of at least 4 members (excludes halogenated alkanes) is 1. The molecule has 3 heteroatoms. The molecule has 100 valence electrons. The van der Waals surface area contributed by atoms with Gasteiger partial charge in [0.05, 0.1) is 12.3 Å². The van der Waals surface area contributed by atoms with Crippen LogP contribution in [-0.2, 0) is 11.2 Å². The summed E-state index contributed by atoms with van der Waals surface area (Å²) < 4.78 is 5.57. The Morgan fingerprint density at radius 3 is 3.28 bits per heavy atom. The molecule has 1 aromatic rings. The van der Waals surface area contributed by atoms with E-state index >= 15 is 0 Å². The Hall–Kier alpha value is -0.930. The molecule has 0 bridgehead atoms. The number of aryl methyl sites for hydroxylation is 1. The summed E-state index contributed by atoms with van der Waals surface area (Å²) >= 11 is 0. The maximum absolute atomic E-state index is 5.57. The molecule has 1 atom stereocenters. The van der Waals surface area contributed by atoms with Gasteiger partial charge in [-0.2, -0.15) is 0 Å². The van der Waals surface area contributed by atoms with Crippen molar-refractivity contribution in [1.29, 1.82) is 0 Å². The molecule has 0 spiro atoms. The van der Waals surface area contributed by atoms with E-state index in [4.69, 9.17) is 4.74 Å². The van der Waals surface area contributed by atoms with E-state index in [2.05, 4.69) is 23.3 Å². The molecule has 0 radical (unpaired) electrons. The van der Waals surface area contributed by atoms with E-state index < -0.39 is 0 Å². The van der Waals surface area contributed by atoms with Gasteiger partial charge in [0.25, 0.3) is 0 Å². The topological polar surface area (TPSA) is 34.1 Å². The fourth-order valence-electron chi connectivity index (χ4n) is 2.46. The molecular weight excluding hydrogens is 224 g/mol. The zero-order valence-electron chi connectivity index (χ0n) is 11.3. The van der Waals surface area contributed by atoms with Crippen LogP contribution < -0.4 is 5.32 Å². The number of aromatic nitrogens is 1. The summed E-state index contributed by atoms with van der Waals surface area (Å²) in [6.07, 6.45) is 7.89. The van der Waals surface area contributed by atoms with Crippen LogP contribution in [0.4, 0.5) is 0 Å². The van der Waals surface area contributed by atoms with Crippen molar-refractivity contribution in [2.45, 2.75) is 45.1 Å². The highest BCUT2D eigenvalue weighted by atomic mass is 16.5. The molecule has 1 aromatic heterocycles. The van der Waals surface area contributed by atoms with Crippen LogP contribution in [0.1, 0.15) is 49.9 Å². The minimum Gasteiger partial charge on any atom is -0.380 e. The van der Waals surface area contributed by atoms with Crippen molar-refractivity contribution in [3.8, 4) is 0 Å². The summed E-state index contributed by atoms with van der Waals surface area (Å²) in [5.74, 6) is 0. The highest BCUT2D eigenvalue weighted by Crippen LogP contribution is 2.27. The molecule has 1 unspecified atom stereocenters. The van der Waals surface area contributed by atoms with Crippen molar-refractivity contribution in [3.63, 3.8) is 0 Å². The second-order valence-electron chi connectivity index (χ2n) is 4.91. The molecule has 0 amide bonds. The molecule has 1 heterocycles. The van der Waals surface area contributed by atoms with Gasteiger partial charge in [-0.1, -0.05) is 19.4 Å². The highest BCUT2D eigenvalue weighted by molar-refractivity contribution is 5.25. The number of nitrogens with one attached hydrogen (secondary N) is 1. The number of hydrogen-bond acceptors (Lipinski definition) is 3. The van der Waals surface area contributed by atoms with Crippen LogP contribution in [0.25, 0.3) is 0 Å². The van der Waals surface area contributed by atoms with Crippen LogP contribution in [0, 0.1) is 0 Å². The van der Waals surface area contributed by atoms with Crippen LogP contribution in [0.3, 0.4) is 0 Å². The Bertz CT molecular complexity index is 354. The fourth-order valence-corrected chi connectivity index (χ4v) is 2.46. The molecule has 1 aliphatic carbocycles. The Morgan fingerprint density at radius 1 is 1.44 bits per heavy atom. The lowest BCUT2D eigenvalue weighted by Gasteiger charge is -2.25. The molecule has 0 aromatic carbocycles. The predicted molar refractivity (Wildman–Crippen MR) is 73.6 cm³/mol. The molecule has 0 aliphatic heterocycles. The molecule has 0 saturated heterocycles. The first kappa shape index (κ1) is 13.5. The number of hydrogen-bond donors (Lipinski definition) is 1. The fraction of sp³-hybridized carbons (Fsp3) is 0.667. The standard InChI is InChI=1S/C15H24N2O/c1-2-3-11-18-12-10-16-14-8-4-6-13-7-5-9-17-15(13)14/h5,7,9,14,16H,2-4,6,8,10-12H2,1H3. The summed E-state index contributed by atoms with van der Waals surface area (Å²) in [7, 11) is 0. The van der Waals surface area contributed by atoms with Crippen molar-refractivity contribution in [2.75, 3.05) is 19.8 Å². The van der Waals surface area contributed by atoms with Gasteiger partial charge in [-0.25, -0.2) is 0 Å². The van der Waals surface area contributed by atoms with E-state index in [0.717, 1.165) is 26.2 Å². The number of pyridine rings is 1. The lowest BCUT2D eigenvalue weighted by Crippen LogP contribution is -2.29. The second-order valence-corrected chi connectivity index (χ2v) is 4.91. The van der Waals surface area contributed by atoms with E-state index in [-0.39, 0.29) is 0 Å². The number of fused-ring (bicyclic) bond motifs is 1. The van der Waals surface area contributed by atoms with Gasteiger partial charge in [-0.15, -0.1) is 0 Å². The van der Waals surface area contributed by atoms with Gasteiger partial charge in [0.1, 0.15) is 0 Å². The normalized spacial score (nSPS) is 18.6. The van der Waals surface area contributed by atoms with Gasteiger partial charge in [0.2, 0.25) is 0 Å². The van der Waals surface area contributed by atoms with Crippen LogP contribution in [0.2, 0.25) is 0 Å². The summed E-state index contributed by atoms with van der Waals surface area (Å²) in [5, 5.41) is 3.57. The van der Waals surface area contributed by atoms with Crippen LogP contribution >= 0.6 is 0 Å². The second kappa shape index (κ2) is 7.49. The monoisotopic (exact) mass is 248 g/mol. The van der Waals surface area contributed by atoms with E-state index in [1.807, 2.05) is 12.3 Å². The number of rotatable bonds is 7. The SMILES string of the molecule is CCCCOCCNC1CCCc2cccnc21. The predicted octanol–water partition coefficient (Wildman–Crippen LogP) is 2.87. The third-order valence-electron chi connectivity index (χ3n) is 3.47. The summed E-state index contributed by atoms with van der Waals surface area (Å²) in [4.78, 5) is 4.53. The zero-order valence-corrected chi connectivity index (χ0v) is 11.3. The molecule has 1 aliphatic rings. The van der Waals surface area contributed by atoms with E-state index in [1.54, 1.807) is 0 Å². The lowest BCUT2D eigenvalue weighted by atomic mass is 9.92. The third-order valence-corrected chi connectivity index (χ3v) is 3.47. The maximum Gasteiger partial charge on any atom is 0.0605 e. The number of nitrogens with zero attached hydrogens (tertiary/aromatic N) is 1. The third kappa shape index (κ3) is 3.79. The molecule has 0 fully saturated rings. The minimum absolute atomic E-state index is 0.421. The van der Waals surface area contributed by atoms with Gasteiger partial charge >= 0.3 is 0 Å². The molecule has 1 N–H and O–H groups in total. The first-order valence-corrected chi connectivity index (χ1v) is 7.16. The maximum atomic E-state index is 5.57. The zero-order chi connectivity index (χ0) is 12.6. The lowest BCUT2D eigenvalue weighted by molar-refractivity contribution is 0.130. The van der Waals surface area contributed by atoms with E-state index in [9.17, 15) is 0 Å². The molecule has 2 rings (SSSR count). The Balaban J connectivity index is 1.74. The largest absolute Gasteiger partial charge is 0.380 e. The Kier molecular flexibility index (Phi) is 5.62. The first-order valence-electron chi connectivity index (χ1n) is 7.16. The van der Waals surface area contributed by atoms with Gasteiger partial charge in [0, 0.05) is 25.4 Å². The summed E-state index contributed by atoms with van der Waals surface area (Å²) in [5.41, 5.74) is 2.66. The van der Waals surface area contributed by atoms with Crippen molar-refractivity contribution in [2.24, 2.45) is 0 Å². The van der Waals surface area contributed by atoms with Crippen LogP contribution in [0.5, 0.6) is 0 Å². The van der Waals surface area contributed by atoms with Gasteiger partial charge in [0.15, 0.2) is 0 Å². The smallest absolute Gasteiger partial charge is 0.0605 e. The average molecular weight is 248 g/mol. The van der Waals surface area contributed by atoms with E-state index in [0.29, 0.717) is 6.04 Å². The Morgan fingerprint density at radius 2 is 2.39 bits per heavy atom. The molecule has 0 saturated carbocycles. The summed E-state index contributed by atoms with van der Waals surface area (Å²) in [6.45, 7) is 4.80. The van der Waals surface area contributed by atoms with Crippen molar-refractivity contribution in [3.05, 3.63) is 29.6 Å². The van der Waals surface area contributed by atoms with Crippen LogP contribution in [0.15, 0.2) is 18.3 Å². The van der Waals surface area contributed by atoms with Crippen molar-refractivity contribution < 1.29 is 4.74 Å². The van der Waals surface area contributed by atoms with Crippen LogP contribution in [-0.4, -0.2) is 24.7 Å². The van der Waals surface area contributed by atoms with Crippen molar-refractivity contribution >= 4 is 0 Å². The van der Waals surface area contributed by atoms with Gasteiger partial charge in [-0.3, -0.25) is 4.98 Å². The van der Waals surface area contributed by atoms with Gasteiger partial charge < -0.3 is 10.1 Å². The molecule has 18 heavy (non-hydrogen) atoms. The minimum atomic E-state index is 0.421. The van der Waals surface area contributed by atoms with E-state index in [1.165, 1.54) is 36.9 Å². The number of ether oxygens (including phenoxy) is 1. The van der Waals surface area contributed by atoms with Crippen molar-refractivity contribution in [1.82, 2.24) is 10.3 Å². The first-order chi connectivity index (χ1) is 8.92. The summed E-state index contributed by atoms with van der Waals surface area (Å²) in [6, 6.07) is 4.66. The quantitative estimate of drug-likeness (QED) is 0.753. The average Bonchev–Trinajstić information content (AvgIpc) is 2.43. The molecule has 3 nitrogen and oxygen atoms in total. The molecular formula is C15H24N2O. The highest BCUT2D eigenvalue weighted by Gasteiger charge is 2.20. The van der Waals surface area contributed by atoms with Gasteiger partial charge in [-0.05, 0) is 37.3 Å².